The Balaban J connectivity index is 1.68. The van der Waals surface area contributed by atoms with Crippen LogP contribution in [0.1, 0.15) is 12.8 Å². The first-order valence-electron chi connectivity index (χ1n) is 6.90. The molecule has 8 heteroatoms. The van der Waals surface area contributed by atoms with Gasteiger partial charge in [0.15, 0.2) is 8.29 Å². The van der Waals surface area contributed by atoms with Crippen LogP contribution in [0.2, 0.25) is 0 Å². The number of nitrogens with zero attached hydrogens (tertiary/aromatic N) is 3. The third kappa shape index (κ3) is 3.56. The van der Waals surface area contributed by atoms with Gasteiger partial charge in [0, 0.05) is 13.1 Å². The first-order chi connectivity index (χ1) is 10.6. The van der Waals surface area contributed by atoms with E-state index in [4.69, 9.17) is 12.2 Å². The molecule has 1 fully saturated rings. The van der Waals surface area contributed by atoms with E-state index in [9.17, 15) is 9.18 Å². The van der Waals surface area contributed by atoms with Gasteiger partial charge in [-0.25, -0.2) is 9.07 Å². The topological polar surface area (TPSA) is 38.1 Å². The molecule has 1 aliphatic heterocycles. The van der Waals surface area contributed by atoms with E-state index in [0.29, 0.717) is 9.71 Å². The molecule has 0 spiro atoms. The second-order valence-corrected chi connectivity index (χ2v) is 7.74. The highest BCUT2D eigenvalue weighted by molar-refractivity contribution is 8.01. The number of hydrogen-bond donors (Lipinski definition) is 0. The van der Waals surface area contributed by atoms with Crippen molar-refractivity contribution in [1.29, 1.82) is 0 Å². The molecular formula is C14H14FN3OS3. The van der Waals surface area contributed by atoms with Gasteiger partial charge in [0.1, 0.15) is 5.82 Å². The maximum Gasteiger partial charge on any atom is 0.233 e. The van der Waals surface area contributed by atoms with Gasteiger partial charge in [0.2, 0.25) is 5.91 Å². The van der Waals surface area contributed by atoms with Crippen molar-refractivity contribution < 1.29 is 9.18 Å². The average Bonchev–Trinajstić information content (AvgIpc) is 3.15. The number of benzene rings is 1. The van der Waals surface area contributed by atoms with Gasteiger partial charge in [-0.05, 0) is 49.3 Å². The SMILES string of the molecule is O=C(CSc1nn(-c2ccc(F)cc2)c(=S)s1)N1CCCC1. The van der Waals surface area contributed by atoms with Crippen LogP contribution in [0.5, 0.6) is 0 Å². The third-order valence-corrected chi connectivity index (χ3v) is 5.73. The van der Waals surface area contributed by atoms with Crippen molar-refractivity contribution in [2.45, 2.75) is 17.2 Å². The number of hydrogen-bond acceptors (Lipinski definition) is 5. The quantitative estimate of drug-likeness (QED) is 0.621. The monoisotopic (exact) mass is 355 g/mol. The largest absolute Gasteiger partial charge is 0.342 e. The Bertz CT molecular complexity index is 720. The number of carbonyl (C=O) groups excluding carboxylic acids is 1. The van der Waals surface area contributed by atoms with E-state index >= 15 is 0 Å². The lowest BCUT2D eigenvalue weighted by Gasteiger charge is -2.13. The summed E-state index contributed by atoms with van der Waals surface area (Å²) in [5.41, 5.74) is 0.723. The molecule has 116 valence electrons. The average molecular weight is 355 g/mol. The molecule has 0 aliphatic carbocycles. The lowest BCUT2D eigenvalue weighted by atomic mass is 10.3. The number of thioether (sulfide) groups is 1. The first-order valence-corrected chi connectivity index (χ1v) is 9.11. The van der Waals surface area contributed by atoms with Crippen molar-refractivity contribution in [1.82, 2.24) is 14.7 Å². The van der Waals surface area contributed by atoms with Crippen molar-refractivity contribution in [3.63, 3.8) is 0 Å². The van der Waals surface area contributed by atoms with Crippen LogP contribution in [0, 0.1) is 9.77 Å². The molecule has 3 rings (SSSR count). The van der Waals surface area contributed by atoms with Crippen LogP contribution in [-0.4, -0.2) is 39.4 Å². The zero-order chi connectivity index (χ0) is 15.5. The van der Waals surface area contributed by atoms with Crippen molar-refractivity contribution in [2.24, 2.45) is 0 Å². The molecule has 0 bridgehead atoms. The fourth-order valence-corrected chi connectivity index (χ4v) is 4.51. The van der Waals surface area contributed by atoms with E-state index in [-0.39, 0.29) is 11.7 Å². The summed E-state index contributed by atoms with van der Waals surface area (Å²) >= 11 is 8.06. The van der Waals surface area contributed by atoms with Crippen LogP contribution < -0.4 is 0 Å². The number of amides is 1. The Morgan fingerprint density at radius 2 is 2.00 bits per heavy atom. The van der Waals surface area contributed by atoms with Crippen LogP contribution in [0.15, 0.2) is 28.6 Å². The van der Waals surface area contributed by atoms with E-state index in [2.05, 4.69) is 5.10 Å². The number of carbonyl (C=O) groups is 1. The van der Waals surface area contributed by atoms with E-state index in [0.717, 1.165) is 36.0 Å². The highest BCUT2D eigenvalue weighted by Crippen LogP contribution is 2.25. The molecule has 4 nitrogen and oxygen atoms in total. The molecule has 0 unspecified atom stereocenters. The molecule has 0 saturated carbocycles. The smallest absolute Gasteiger partial charge is 0.233 e. The second kappa shape index (κ2) is 6.89. The minimum Gasteiger partial charge on any atom is -0.342 e. The summed E-state index contributed by atoms with van der Waals surface area (Å²) in [6, 6.07) is 6.02. The van der Waals surface area contributed by atoms with Crippen molar-refractivity contribution >= 4 is 41.2 Å². The van der Waals surface area contributed by atoms with Crippen molar-refractivity contribution in [3.8, 4) is 5.69 Å². The molecular weight excluding hydrogens is 341 g/mol. The van der Waals surface area contributed by atoms with Gasteiger partial charge in [0.25, 0.3) is 0 Å². The van der Waals surface area contributed by atoms with E-state index in [1.54, 1.807) is 16.8 Å². The Hall–Kier alpha value is -1.25. The van der Waals surface area contributed by atoms with Crippen molar-refractivity contribution in [2.75, 3.05) is 18.8 Å². The van der Waals surface area contributed by atoms with Crippen molar-refractivity contribution in [3.05, 3.63) is 34.0 Å². The Labute approximate surface area is 140 Å². The van der Waals surface area contributed by atoms with Gasteiger partial charge in [-0.2, -0.15) is 0 Å². The standard InChI is InChI=1S/C14H14FN3OS3/c15-10-3-5-11(6-4-10)18-14(20)22-13(16-18)21-9-12(19)17-7-1-2-8-17/h3-6H,1-2,7-9H2. The maximum absolute atomic E-state index is 13.0. The predicted octanol–water partition coefficient (Wildman–Crippen LogP) is 3.52. The molecule has 0 N–H and O–H groups in total. The molecule has 1 amide bonds. The normalized spacial score (nSPS) is 14.5. The highest BCUT2D eigenvalue weighted by Gasteiger charge is 2.18. The minimum absolute atomic E-state index is 0.150. The molecule has 1 aliphatic rings. The molecule has 22 heavy (non-hydrogen) atoms. The summed E-state index contributed by atoms with van der Waals surface area (Å²) in [6.07, 6.45) is 2.18. The molecule has 2 aromatic rings. The minimum atomic E-state index is -0.295. The Morgan fingerprint density at radius 3 is 2.68 bits per heavy atom. The summed E-state index contributed by atoms with van der Waals surface area (Å²) in [5.74, 6) is 0.236. The summed E-state index contributed by atoms with van der Waals surface area (Å²) < 4.78 is 15.9. The number of aromatic nitrogens is 2. The Kier molecular flexibility index (Phi) is 4.90. The number of halogens is 1. The lowest BCUT2D eigenvalue weighted by molar-refractivity contribution is -0.127. The summed E-state index contributed by atoms with van der Waals surface area (Å²) in [4.78, 5) is 13.9. The van der Waals surface area contributed by atoms with Crippen LogP contribution in [0.4, 0.5) is 4.39 Å². The van der Waals surface area contributed by atoms with Gasteiger partial charge in [-0.3, -0.25) is 4.79 Å². The van der Waals surface area contributed by atoms with Gasteiger partial charge in [-0.15, -0.1) is 5.10 Å². The van der Waals surface area contributed by atoms with Crippen LogP contribution in [0.25, 0.3) is 5.69 Å². The highest BCUT2D eigenvalue weighted by atomic mass is 32.2. The maximum atomic E-state index is 13.0. The van der Waals surface area contributed by atoms with Crippen LogP contribution >= 0.6 is 35.3 Å². The zero-order valence-corrected chi connectivity index (χ0v) is 14.1. The molecule has 1 aromatic carbocycles. The fraction of sp³-hybridized carbons (Fsp3) is 0.357. The number of rotatable bonds is 4. The van der Waals surface area contributed by atoms with Gasteiger partial charge < -0.3 is 4.90 Å². The van der Waals surface area contributed by atoms with E-state index < -0.39 is 0 Å². The number of likely N-dealkylation sites (tertiary alicyclic amines) is 1. The molecule has 2 heterocycles. The Morgan fingerprint density at radius 1 is 1.32 bits per heavy atom. The molecule has 1 aromatic heterocycles. The molecule has 0 radical (unpaired) electrons. The van der Waals surface area contributed by atoms with Gasteiger partial charge in [0.05, 0.1) is 11.4 Å². The fourth-order valence-electron chi connectivity index (χ4n) is 2.25. The summed E-state index contributed by atoms with van der Waals surface area (Å²) in [7, 11) is 0. The lowest BCUT2D eigenvalue weighted by Crippen LogP contribution is -2.29. The van der Waals surface area contributed by atoms with Gasteiger partial charge in [-0.1, -0.05) is 23.1 Å². The van der Waals surface area contributed by atoms with E-state index in [1.165, 1.54) is 35.2 Å². The zero-order valence-electron chi connectivity index (χ0n) is 11.7. The van der Waals surface area contributed by atoms with Crippen LogP contribution in [0.3, 0.4) is 0 Å². The molecule has 1 saturated heterocycles. The second-order valence-electron chi connectivity index (χ2n) is 4.90. The van der Waals surface area contributed by atoms with Crippen LogP contribution in [-0.2, 0) is 4.79 Å². The van der Waals surface area contributed by atoms with E-state index in [1.807, 2.05) is 4.90 Å². The molecule has 0 atom stereocenters. The predicted molar refractivity (Wildman–Crippen MR) is 88.8 cm³/mol. The summed E-state index contributed by atoms with van der Waals surface area (Å²) in [5, 5.41) is 4.41. The summed E-state index contributed by atoms with van der Waals surface area (Å²) in [6.45, 7) is 1.72. The first kappa shape index (κ1) is 15.6. The van der Waals surface area contributed by atoms with Gasteiger partial charge >= 0.3 is 0 Å². The third-order valence-electron chi connectivity index (χ3n) is 3.38.